The molecule has 0 heterocycles. The smallest absolute Gasteiger partial charge is 0.116 e. The molecule has 3 nitrogen and oxygen atoms in total. The summed E-state index contributed by atoms with van der Waals surface area (Å²) < 4.78 is 0. The summed E-state index contributed by atoms with van der Waals surface area (Å²) in [6, 6.07) is 0. The summed E-state index contributed by atoms with van der Waals surface area (Å²) in [5.41, 5.74) is 3.24. The highest BCUT2D eigenvalue weighted by molar-refractivity contribution is 5.00. The second kappa shape index (κ2) is 13.0. The Morgan fingerprint density at radius 3 is 2.07 bits per heavy atom. The third kappa shape index (κ3) is 8.06. The van der Waals surface area contributed by atoms with Crippen LogP contribution in [0.15, 0.2) is 24.2 Å². The molecular formula is C12H27N3. The lowest BCUT2D eigenvalue weighted by Gasteiger charge is -2.24. The van der Waals surface area contributed by atoms with Crippen LogP contribution in [0.5, 0.6) is 0 Å². The molecule has 2 N–H and O–H groups in total. The average molecular weight is 213 g/mol. The monoisotopic (exact) mass is 213 g/mol. The molecule has 15 heavy (non-hydrogen) atoms. The number of rotatable bonds is 6. The first-order chi connectivity index (χ1) is 7.29. The van der Waals surface area contributed by atoms with E-state index in [4.69, 9.17) is 0 Å². The van der Waals surface area contributed by atoms with Gasteiger partial charge in [0.15, 0.2) is 0 Å². The van der Waals surface area contributed by atoms with E-state index in [1.807, 2.05) is 51.1 Å². The van der Waals surface area contributed by atoms with Crippen molar-refractivity contribution in [3.05, 3.63) is 24.2 Å². The van der Waals surface area contributed by atoms with Crippen molar-refractivity contribution < 1.29 is 0 Å². The molecule has 0 unspecified atom stereocenters. The van der Waals surface area contributed by atoms with E-state index in [0.29, 0.717) is 0 Å². The van der Waals surface area contributed by atoms with Crippen LogP contribution in [0.1, 0.15) is 41.5 Å². The minimum atomic E-state index is 0.910. The standard InChI is InChI=1S/C10H21N3.C2H6/c1-5-9-13(12-8-4)10(6-2)11-7-3;1-2/h5-6,9,11-12H,7-8H2,1-4H3;1-2H3/b9-5-,10-6-;. The van der Waals surface area contributed by atoms with E-state index in [1.165, 1.54) is 0 Å². The van der Waals surface area contributed by atoms with Crippen LogP contribution in [0.25, 0.3) is 0 Å². The summed E-state index contributed by atoms with van der Waals surface area (Å²) in [5, 5.41) is 5.26. The highest BCUT2D eigenvalue weighted by Crippen LogP contribution is 1.97. The van der Waals surface area contributed by atoms with E-state index in [2.05, 4.69) is 24.6 Å². The van der Waals surface area contributed by atoms with Gasteiger partial charge in [0.2, 0.25) is 0 Å². The maximum Gasteiger partial charge on any atom is 0.116 e. The van der Waals surface area contributed by atoms with Crippen molar-refractivity contribution in [1.82, 2.24) is 15.8 Å². The predicted molar refractivity (Wildman–Crippen MR) is 69.1 cm³/mol. The van der Waals surface area contributed by atoms with Gasteiger partial charge in [-0.1, -0.05) is 26.8 Å². The molecule has 0 aromatic carbocycles. The Bertz CT molecular complexity index is 174. The maximum absolute atomic E-state index is 3.28. The fourth-order valence-electron chi connectivity index (χ4n) is 1.05. The molecule has 90 valence electrons. The highest BCUT2D eigenvalue weighted by atomic mass is 15.5. The molecule has 0 saturated heterocycles. The van der Waals surface area contributed by atoms with Gasteiger partial charge in [-0.15, -0.1) is 0 Å². The highest BCUT2D eigenvalue weighted by Gasteiger charge is 2.01. The summed E-state index contributed by atoms with van der Waals surface area (Å²) in [7, 11) is 0. The van der Waals surface area contributed by atoms with E-state index in [9.17, 15) is 0 Å². The fourth-order valence-corrected chi connectivity index (χ4v) is 1.05. The number of hydrazine groups is 1. The van der Waals surface area contributed by atoms with E-state index in [-0.39, 0.29) is 0 Å². The van der Waals surface area contributed by atoms with Crippen molar-refractivity contribution in [1.29, 1.82) is 0 Å². The quantitative estimate of drug-likeness (QED) is 0.664. The lowest BCUT2D eigenvalue weighted by atomic mass is 10.5. The molecule has 0 radical (unpaired) electrons. The molecular weight excluding hydrogens is 186 g/mol. The molecule has 0 aliphatic heterocycles. The zero-order chi connectivity index (χ0) is 12.1. The molecule has 0 fully saturated rings. The largest absolute Gasteiger partial charge is 0.371 e. The van der Waals surface area contributed by atoms with Crippen molar-refractivity contribution in [2.24, 2.45) is 0 Å². The third-order valence-electron chi connectivity index (χ3n) is 1.52. The Labute approximate surface area is 95.2 Å². The summed E-state index contributed by atoms with van der Waals surface area (Å²) in [6.45, 7) is 14.0. The Kier molecular flexibility index (Phi) is 14.3. The van der Waals surface area contributed by atoms with Crippen LogP contribution in [-0.4, -0.2) is 18.1 Å². The van der Waals surface area contributed by atoms with E-state index in [0.717, 1.165) is 18.9 Å². The number of hydrogen-bond acceptors (Lipinski definition) is 3. The van der Waals surface area contributed by atoms with Crippen LogP contribution in [0.2, 0.25) is 0 Å². The van der Waals surface area contributed by atoms with Crippen LogP contribution in [0, 0.1) is 0 Å². The predicted octanol–water partition coefficient (Wildman–Crippen LogP) is 2.84. The van der Waals surface area contributed by atoms with Gasteiger partial charge in [0.1, 0.15) is 5.82 Å². The van der Waals surface area contributed by atoms with Crippen LogP contribution in [0.4, 0.5) is 0 Å². The minimum absolute atomic E-state index is 0.910. The summed E-state index contributed by atoms with van der Waals surface area (Å²) in [6.07, 6.45) is 6.05. The van der Waals surface area contributed by atoms with Gasteiger partial charge in [0.05, 0.1) is 0 Å². The Morgan fingerprint density at radius 1 is 1.13 bits per heavy atom. The zero-order valence-corrected chi connectivity index (χ0v) is 11.1. The first-order valence-electron chi connectivity index (χ1n) is 5.85. The van der Waals surface area contributed by atoms with Gasteiger partial charge in [-0.2, -0.15) is 0 Å². The lowest BCUT2D eigenvalue weighted by molar-refractivity contribution is 0.322. The first-order valence-corrected chi connectivity index (χ1v) is 5.85. The van der Waals surface area contributed by atoms with Crippen LogP contribution >= 0.6 is 0 Å². The Balaban J connectivity index is 0. The molecule has 0 aromatic heterocycles. The molecule has 0 aromatic rings. The van der Waals surface area contributed by atoms with Crippen molar-refractivity contribution in [3.8, 4) is 0 Å². The van der Waals surface area contributed by atoms with Crippen LogP contribution in [0.3, 0.4) is 0 Å². The van der Waals surface area contributed by atoms with Gasteiger partial charge in [-0.05, 0) is 26.8 Å². The summed E-state index contributed by atoms with van der Waals surface area (Å²) in [4.78, 5) is 0. The molecule has 0 spiro atoms. The van der Waals surface area contributed by atoms with Crippen molar-refractivity contribution in [3.63, 3.8) is 0 Å². The fraction of sp³-hybridized carbons (Fsp3) is 0.667. The number of hydrogen-bond donors (Lipinski definition) is 2. The number of nitrogens with zero attached hydrogens (tertiary/aromatic N) is 1. The van der Waals surface area contributed by atoms with Gasteiger partial charge in [0, 0.05) is 19.3 Å². The third-order valence-corrected chi connectivity index (χ3v) is 1.52. The molecule has 0 bridgehead atoms. The van der Waals surface area contributed by atoms with Crippen molar-refractivity contribution >= 4 is 0 Å². The van der Waals surface area contributed by atoms with Gasteiger partial charge in [-0.3, -0.25) is 5.01 Å². The second-order valence-electron chi connectivity index (χ2n) is 2.57. The lowest BCUT2D eigenvalue weighted by Crippen LogP contribution is -2.38. The average Bonchev–Trinajstić information content (AvgIpc) is 2.28. The van der Waals surface area contributed by atoms with Gasteiger partial charge in [0.25, 0.3) is 0 Å². The van der Waals surface area contributed by atoms with Crippen LogP contribution < -0.4 is 10.7 Å². The van der Waals surface area contributed by atoms with E-state index >= 15 is 0 Å². The van der Waals surface area contributed by atoms with Gasteiger partial charge >= 0.3 is 0 Å². The number of allylic oxidation sites excluding steroid dienone is 2. The minimum Gasteiger partial charge on any atom is -0.371 e. The Morgan fingerprint density at radius 2 is 1.73 bits per heavy atom. The molecule has 3 heteroatoms. The van der Waals surface area contributed by atoms with E-state index in [1.54, 1.807) is 0 Å². The first kappa shape index (κ1) is 16.5. The molecule has 0 atom stereocenters. The van der Waals surface area contributed by atoms with Crippen molar-refractivity contribution in [2.45, 2.75) is 41.5 Å². The molecule has 0 amide bonds. The molecule has 0 saturated carbocycles. The molecule has 0 rings (SSSR count). The molecule has 0 aliphatic rings. The van der Waals surface area contributed by atoms with Crippen molar-refractivity contribution in [2.75, 3.05) is 13.1 Å². The summed E-state index contributed by atoms with van der Waals surface area (Å²) in [5.74, 6) is 1.09. The second-order valence-corrected chi connectivity index (χ2v) is 2.57. The zero-order valence-electron chi connectivity index (χ0n) is 11.1. The van der Waals surface area contributed by atoms with Crippen LogP contribution in [-0.2, 0) is 0 Å². The number of nitrogens with one attached hydrogen (secondary N) is 2. The molecule has 0 aliphatic carbocycles. The van der Waals surface area contributed by atoms with Gasteiger partial charge in [-0.25, -0.2) is 5.43 Å². The van der Waals surface area contributed by atoms with Gasteiger partial charge < -0.3 is 5.32 Å². The van der Waals surface area contributed by atoms with E-state index < -0.39 is 0 Å². The topological polar surface area (TPSA) is 27.3 Å². The maximum atomic E-state index is 3.28. The summed E-state index contributed by atoms with van der Waals surface area (Å²) >= 11 is 0. The normalized spacial score (nSPS) is 10.9. The SMILES string of the molecule is C/C=C\N(NCC)/C(=C\C)NCC.CC. The Hall–Kier alpha value is -0.960.